The molecular formula is C18H21N3O5. The van der Waals surface area contributed by atoms with Gasteiger partial charge in [0.05, 0.1) is 33.2 Å². The van der Waals surface area contributed by atoms with Crippen molar-refractivity contribution in [2.24, 2.45) is 0 Å². The van der Waals surface area contributed by atoms with Crippen LogP contribution in [0.5, 0.6) is 17.4 Å². The first-order chi connectivity index (χ1) is 12.6. The lowest BCUT2D eigenvalue weighted by atomic mass is 10.1. The van der Waals surface area contributed by atoms with Crippen LogP contribution in [0, 0.1) is 0 Å². The second-order valence-electron chi connectivity index (χ2n) is 5.24. The zero-order valence-electron chi connectivity index (χ0n) is 14.9. The van der Waals surface area contributed by atoms with E-state index in [1.165, 1.54) is 13.3 Å². The van der Waals surface area contributed by atoms with Gasteiger partial charge >= 0.3 is 11.8 Å². The molecule has 1 aromatic heterocycles. The van der Waals surface area contributed by atoms with Gasteiger partial charge in [-0.2, -0.15) is 0 Å². The number of carbonyl (C=O) groups is 2. The summed E-state index contributed by atoms with van der Waals surface area (Å²) in [7, 11) is 4.61. The zero-order chi connectivity index (χ0) is 18.9. The number of rotatable bonds is 7. The standard InChI is InChI=1S/C18H21N3O5/c1-24-14-6-4-12(10-15(14)25-2)8-9-19-17(22)18(23)21-13-5-7-16(26-3)20-11-13/h4-7,10-11H,8-9H2,1-3H3,(H,19,22)(H,21,23). The van der Waals surface area contributed by atoms with E-state index in [2.05, 4.69) is 15.6 Å². The van der Waals surface area contributed by atoms with Gasteiger partial charge in [-0.1, -0.05) is 6.07 Å². The van der Waals surface area contributed by atoms with E-state index in [-0.39, 0.29) is 0 Å². The minimum Gasteiger partial charge on any atom is -0.493 e. The first kappa shape index (κ1) is 19.0. The van der Waals surface area contributed by atoms with Crippen molar-refractivity contribution < 1.29 is 23.8 Å². The summed E-state index contributed by atoms with van der Waals surface area (Å²) in [5.74, 6) is 0.182. The molecule has 0 spiro atoms. The molecule has 0 saturated carbocycles. The summed E-state index contributed by atoms with van der Waals surface area (Å²) >= 11 is 0. The third-order valence-electron chi connectivity index (χ3n) is 3.56. The van der Waals surface area contributed by atoms with E-state index in [0.717, 1.165) is 5.56 Å². The summed E-state index contributed by atoms with van der Waals surface area (Å²) in [4.78, 5) is 27.7. The Morgan fingerprint density at radius 2 is 1.73 bits per heavy atom. The third-order valence-corrected chi connectivity index (χ3v) is 3.56. The van der Waals surface area contributed by atoms with Crippen LogP contribution in [0.1, 0.15) is 5.56 Å². The molecule has 0 fully saturated rings. The van der Waals surface area contributed by atoms with Crippen molar-refractivity contribution in [1.82, 2.24) is 10.3 Å². The van der Waals surface area contributed by atoms with Gasteiger partial charge < -0.3 is 24.8 Å². The smallest absolute Gasteiger partial charge is 0.313 e. The Labute approximate surface area is 151 Å². The van der Waals surface area contributed by atoms with E-state index in [0.29, 0.717) is 36.0 Å². The molecule has 0 aliphatic heterocycles. The van der Waals surface area contributed by atoms with Crippen molar-refractivity contribution in [2.75, 3.05) is 33.2 Å². The number of aromatic nitrogens is 1. The van der Waals surface area contributed by atoms with Gasteiger partial charge in [0.15, 0.2) is 11.5 Å². The highest BCUT2D eigenvalue weighted by molar-refractivity contribution is 6.39. The highest BCUT2D eigenvalue weighted by atomic mass is 16.5. The molecule has 0 aliphatic rings. The van der Waals surface area contributed by atoms with Gasteiger partial charge in [0, 0.05) is 12.6 Å². The molecule has 8 nitrogen and oxygen atoms in total. The number of pyridine rings is 1. The van der Waals surface area contributed by atoms with E-state index in [9.17, 15) is 9.59 Å². The number of anilines is 1. The largest absolute Gasteiger partial charge is 0.493 e. The van der Waals surface area contributed by atoms with E-state index in [4.69, 9.17) is 14.2 Å². The van der Waals surface area contributed by atoms with Crippen molar-refractivity contribution in [1.29, 1.82) is 0 Å². The van der Waals surface area contributed by atoms with Gasteiger partial charge in [-0.05, 0) is 30.2 Å². The van der Waals surface area contributed by atoms with Gasteiger partial charge in [-0.3, -0.25) is 9.59 Å². The number of hydrogen-bond donors (Lipinski definition) is 2. The first-order valence-corrected chi connectivity index (χ1v) is 7.87. The number of nitrogens with one attached hydrogen (secondary N) is 2. The average Bonchev–Trinajstić information content (AvgIpc) is 2.68. The monoisotopic (exact) mass is 359 g/mol. The Hall–Kier alpha value is -3.29. The van der Waals surface area contributed by atoms with Crippen molar-refractivity contribution in [3.05, 3.63) is 42.1 Å². The van der Waals surface area contributed by atoms with Gasteiger partial charge in [-0.15, -0.1) is 0 Å². The number of amides is 2. The molecule has 0 radical (unpaired) electrons. The first-order valence-electron chi connectivity index (χ1n) is 7.87. The molecule has 0 bridgehead atoms. The normalized spacial score (nSPS) is 9.96. The van der Waals surface area contributed by atoms with Gasteiger partial charge in [0.25, 0.3) is 0 Å². The van der Waals surface area contributed by atoms with E-state index in [1.807, 2.05) is 12.1 Å². The summed E-state index contributed by atoms with van der Waals surface area (Å²) in [5.41, 5.74) is 1.36. The molecule has 2 rings (SSSR count). The Morgan fingerprint density at radius 1 is 0.962 bits per heavy atom. The Kier molecular flexibility index (Phi) is 6.78. The number of hydrogen-bond acceptors (Lipinski definition) is 6. The van der Waals surface area contributed by atoms with Crippen LogP contribution in [0.15, 0.2) is 36.5 Å². The molecule has 26 heavy (non-hydrogen) atoms. The van der Waals surface area contributed by atoms with Gasteiger partial charge in [0.1, 0.15) is 0 Å². The molecule has 0 atom stereocenters. The topological polar surface area (TPSA) is 98.8 Å². The minimum absolute atomic E-state index is 0.308. The van der Waals surface area contributed by atoms with Crippen LogP contribution in [-0.2, 0) is 16.0 Å². The average molecular weight is 359 g/mol. The Morgan fingerprint density at radius 3 is 2.35 bits per heavy atom. The molecule has 1 aromatic carbocycles. The lowest BCUT2D eigenvalue weighted by molar-refractivity contribution is -0.136. The Bertz CT molecular complexity index is 762. The lowest BCUT2D eigenvalue weighted by Gasteiger charge is -2.10. The predicted molar refractivity (Wildman–Crippen MR) is 95.7 cm³/mol. The van der Waals surface area contributed by atoms with E-state index >= 15 is 0 Å². The molecule has 2 N–H and O–H groups in total. The number of ether oxygens (including phenoxy) is 3. The second kappa shape index (κ2) is 9.26. The fourth-order valence-corrected chi connectivity index (χ4v) is 2.20. The minimum atomic E-state index is -0.760. The number of carbonyl (C=O) groups excluding carboxylic acids is 2. The van der Waals surface area contributed by atoms with Gasteiger partial charge in [-0.25, -0.2) is 4.98 Å². The maximum absolute atomic E-state index is 11.9. The van der Waals surface area contributed by atoms with Crippen molar-refractivity contribution >= 4 is 17.5 Å². The number of methoxy groups -OCH3 is 3. The van der Waals surface area contributed by atoms with E-state index < -0.39 is 11.8 Å². The molecule has 0 aliphatic carbocycles. The maximum Gasteiger partial charge on any atom is 0.313 e. The predicted octanol–water partition coefficient (Wildman–Crippen LogP) is 1.40. The summed E-state index contributed by atoms with van der Waals surface area (Å²) in [6.07, 6.45) is 1.96. The molecule has 2 aromatic rings. The summed E-state index contributed by atoms with van der Waals surface area (Å²) < 4.78 is 15.3. The van der Waals surface area contributed by atoms with Crippen molar-refractivity contribution in [3.8, 4) is 17.4 Å². The maximum atomic E-state index is 11.9. The van der Waals surface area contributed by atoms with Crippen LogP contribution in [0.3, 0.4) is 0 Å². The highest BCUT2D eigenvalue weighted by Gasteiger charge is 2.13. The SMILES string of the molecule is COc1ccc(NC(=O)C(=O)NCCc2ccc(OC)c(OC)c2)cn1. The quantitative estimate of drug-likeness (QED) is 0.725. The lowest BCUT2D eigenvalue weighted by Crippen LogP contribution is -2.36. The molecule has 138 valence electrons. The highest BCUT2D eigenvalue weighted by Crippen LogP contribution is 2.27. The van der Waals surface area contributed by atoms with Crippen molar-refractivity contribution in [3.63, 3.8) is 0 Å². The summed E-state index contributed by atoms with van der Waals surface area (Å²) in [6.45, 7) is 0.308. The van der Waals surface area contributed by atoms with Gasteiger partial charge in [0.2, 0.25) is 5.88 Å². The van der Waals surface area contributed by atoms with Crippen LogP contribution >= 0.6 is 0 Å². The van der Waals surface area contributed by atoms with Crippen LogP contribution in [0.2, 0.25) is 0 Å². The van der Waals surface area contributed by atoms with Crippen LogP contribution in [-0.4, -0.2) is 44.7 Å². The van der Waals surface area contributed by atoms with Crippen LogP contribution in [0.25, 0.3) is 0 Å². The molecule has 2 amide bonds. The second-order valence-corrected chi connectivity index (χ2v) is 5.24. The summed E-state index contributed by atoms with van der Waals surface area (Å²) in [5, 5.41) is 5.04. The third kappa shape index (κ3) is 5.10. The fraction of sp³-hybridized carbons (Fsp3) is 0.278. The molecule has 8 heteroatoms. The fourth-order valence-electron chi connectivity index (χ4n) is 2.20. The Balaban J connectivity index is 1.83. The van der Waals surface area contributed by atoms with E-state index in [1.54, 1.807) is 32.4 Å². The number of benzene rings is 1. The van der Waals surface area contributed by atoms with Crippen molar-refractivity contribution in [2.45, 2.75) is 6.42 Å². The zero-order valence-corrected chi connectivity index (χ0v) is 14.9. The van der Waals surface area contributed by atoms with Crippen LogP contribution < -0.4 is 24.8 Å². The number of nitrogens with zero attached hydrogens (tertiary/aromatic N) is 1. The van der Waals surface area contributed by atoms with Crippen LogP contribution in [0.4, 0.5) is 5.69 Å². The molecule has 0 unspecified atom stereocenters. The molecule has 0 saturated heterocycles. The summed E-state index contributed by atoms with van der Waals surface area (Å²) in [6, 6.07) is 8.68. The molecule has 1 heterocycles. The molecular weight excluding hydrogens is 338 g/mol.